The van der Waals surface area contributed by atoms with E-state index in [2.05, 4.69) is 6.92 Å². The van der Waals surface area contributed by atoms with Gasteiger partial charge in [-0.3, -0.25) is 0 Å². The maximum atomic E-state index is 11.9. The summed E-state index contributed by atoms with van der Waals surface area (Å²) < 4.78 is 11.3. The van der Waals surface area contributed by atoms with Gasteiger partial charge in [-0.05, 0) is 60.9 Å². The second kappa shape index (κ2) is 17.7. The van der Waals surface area contributed by atoms with Gasteiger partial charge in [0.1, 0.15) is 5.75 Å². The van der Waals surface area contributed by atoms with E-state index in [9.17, 15) is 4.79 Å². The molecule has 0 aromatic heterocycles. The predicted molar refractivity (Wildman–Crippen MR) is 153 cm³/mol. The lowest BCUT2D eigenvalue weighted by Crippen LogP contribution is -2.20. The first-order valence-electron chi connectivity index (χ1n) is 13.5. The van der Waals surface area contributed by atoms with Crippen molar-refractivity contribution in [1.82, 2.24) is 0 Å². The maximum absolute atomic E-state index is 11.9. The summed E-state index contributed by atoms with van der Waals surface area (Å²) in [6.45, 7) is 3.50. The molecule has 1 aliphatic rings. The van der Waals surface area contributed by atoms with Crippen molar-refractivity contribution in [2.24, 2.45) is 11.8 Å². The van der Waals surface area contributed by atoms with E-state index >= 15 is 0 Å². The molecule has 1 aliphatic carbocycles. The summed E-state index contributed by atoms with van der Waals surface area (Å²) in [5.41, 5.74) is 0.953. The molecule has 1 saturated carbocycles. The largest absolute Gasteiger partial charge is 0.493 e. The lowest BCUT2D eigenvalue weighted by molar-refractivity contribution is -0.137. The van der Waals surface area contributed by atoms with Gasteiger partial charge in [-0.25, -0.2) is 4.79 Å². The van der Waals surface area contributed by atoms with E-state index in [1.807, 2.05) is 24.3 Å². The van der Waals surface area contributed by atoms with Crippen LogP contribution in [0.25, 0.3) is 6.08 Å². The zero-order valence-electron chi connectivity index (χ0n) is 21.3. The Bertz CT molecular complexity index is 726. The molecule has 1 aromatic carbocycles. The monoisotopic (exact) mass is 560 g/mol. The SMILES string of the molecule is CCCCCCC1CCC(COc2ccc(/C=C/C(=O)OCCCCCC[Si](Cl)(Cl)Cl)cc2)CC1. The molecule has 0 bridgehead atoms. The van der Waals surface area contributed by atoms with Crippen LogP contribution in [0.1, 0.15) is 96.0 Å². The molecular weight excluding hydrogens is 519 g/mol. The Morgan fingerprint density at radius 2 is 1.57 bits per heavy atom. The number of hydrogen-bond donors (Lipinski definition) is 0. The third-order valence-electron chi connectivity index (χ3n) is 6.81. The van der Waals surface area contributed by atoms with Gasteiger partial charge in [0.05, 0.1) is 13.2 Å². The average Bonchev–Trinajstić information content (AvgIpc) is 2.84. The van der Waals surface area contributed by atoms with Gasteiger partial charge in [0.2, 0.25) is 0 Å². The number of hydrogen-bond acceptors (Lipinski definition) is 3. The van der Waals surface area contributed by atoms with E-state index in [4.69, 9.17) is 42.7 Å². The van der Waals surface area contributed by atoms with E-state index < -0.39 is 6.00 Å². The normalized spacial score (nSPS) is 18.6. The quantitative estimate of drug-likeness (QED) is 0.0624. The summed E-state index contributed by atoms with van der Waals surface area (Å²) in [6, 6.07) is 6.09. The summed E-state index contributed by atoms with van der Waals surface area (Å²) in [6.07, 6.45) is 19.2. The molecule has 0 N–H and O–H groups in total. The van der Waals surface area contributed by atoms with Gasteiger partial charge < -0.3 is 9.47 Å². The van der Waals surface area contributed by atoms with Crippen molar-refractivity contribution in [3.63, 3.8) is 0 Å². The van der Waals surface area contributed by atoms with Gasteiger partial charge in [0.25, 0.3) is 0 Å². The summed E-state index contributed by atoms with van der Waals surface area (Å²) in [5, 5.41) is 0. The molecule has 0 spiro atoms. The Morgan fingerprint density at radius 1 is 0.914 bits per heavy atom. The molecule has 0 atom stereocenters. The zero-order chi connectivity index (χ0) is 25.4. The summed E-state index contributed by atoms with van der Waals surface area (Å²) >= 11 is 17.6. The molecule has 0 amide bonds. The van der Waals surface area contributed by atoms with Crippen LogP contribution in [0, 0.1) is 11.8 Å². The van der Waals surface area contributed by atoms with E-state index in [0.29, 0.717) is 18.6 Å². The van der Waals surface area contributed by atoms with Crippen LogP contribution >= 0.6 is 33.2 Å². The highest BCUT2D eigenvalue weighted by atomic mass is 35.8. The van der Waals surface area contributed by atoms with Crippen molar-refractivity contribution in [2.75, 3.05) is 13.2 Å². The van der Waals surface area contributed by atoms with E-state index in [1.54, 1.807) is 6.08 Å². The zero-order valence-corrected chi connectivity index (χ0v) is 24.6. The third kappa shape index (κ3) is 15.2. The van der Waals surface area contributed by atoms with Gasteiger partial charge in [0, 0.05) is 6.08 Å². The third-order valence-corrected chi connectivity index (χ3v) is 9.43. The van der Waals surface area contributed by atoms with Crippen molar-refractivity contribution >= 4 is 51.3 Å². The molecule has 35 heavy (non-hydrogen) atoms. The molecule has 7 heteroatoms. The highest BCUT2D eigenvalue weighted by molar-refractivity contribution is 7.64. The van der Waals surface area contributed by atoms with Crippen LogP contribution in [0.15, 0.2) is 30.3 Å². The van der Waals surface area contributed by atoms with Gasteiger partial charge in [-0.1, -0.05) is 83.3 Å². The Balaban J connectivity index is 1.55. The molecule has 0 unspecified atom stereocenters. The second-order valence-electron chi connectivity index (χ2n) is 9.90. The topological polar surface area (TPSA) is 35.5 Å². The van der Waals surface area contributed by atoms with Gasteiger partial charge in [0.15, 0.2) is 0 Å². The highest BCUT2D eigenvalue weighted by Gasteiger charge is 2.23. The molecule has 0 radical (unpaired) electrons. The number of esters is 1. The minimum Gasteiger partial charge on any atom is -0.493 e. The van der Waals surface area contributed by atoms with Gasteiger partial charge >= 0.3 is 12.0 Å². The molecule has 2 rings (SSSR count). The van der Waals surface area contributed by atoms with Crippen LogP contribution < -0.4 is 4.74 Å². The number of unbranched alkanes of at least 4 members (excludes halogenated alkanes) is 6. The first kappa shape index (κ1) is 30.5. The maximum Gasteiger partial charge on any atom is 0.341 e. The fraction of sp³-hybridized carbons (Fsp3) is 0.679. The molecule has 0 heterocycles. The standard InChI is InChI=1S/C28H43Cl3O3Si/c1-2-3-4-7-10-24-11-13-26(14-12-24)23-34-27-18-15-25(16-19-27)17-20-28(32)33-21-8-5-6-9-22-35(29,30)31/h15-20,24,26H,2-14,21-23H2,1H3/b20-17+. The molecular formula is C28H43Cl3O3Si. The van der Waals surface area contributed by atoms with E-state index in [-0.39, 0.29) is 5.97 Å². The summed E-state index contributed by atoms with van der Waals surface area (Å²) in [4.78, 5) is 11.9. The van der Waals surface area contributed by atoms with Gasteiger partial charge in [-0.15, -0.1) is 33.2 Å². The molecule has 0 saturated heterocycles. The number of halogens is 3. The van der Waals surface area contributed by atoms with Crippen LogP contribution in [0.4, 0.5) is 0 Å². The fourth-order valence-corrected chi connectivity index (χ4v) is 6.46. The molecule has 1 aromatic rings. The molecule has 3 nitrogen and oxygen atoms in total. The smallest absolute Gasteiger partial charge is 0.341 e. The van der Waals surface area contributed by atoms with Crippen molar-refractivity contribution in [3.8, 4) is 5.75 Å². The fourth-order valence-electron chi connectivity index (χ4n) is 4.60. The van der Waals surface area contributed by atoms with Crippen molar-refractivity contribution in [3.05, 3.63) is 35.9 Å². The molecule has 1 fully saturated rings. The predicted octanol–water partition coefficient (Wildman–Crippen LogP) is 9.61. The molecule has 198 valence electrons. The number of carbonyl (C=O) groups is 1. The Labute approximate surface area is 228 Å². The van der Waals surface area contributed by atoms with Crippen LogP contribution in [-0.2, 0) is 9.53 Å². The molecule has 0 aliphatic heterocycles. The van der Waals surface area contributed by atoms with E-state index in [0.717, 1.165) is 49.5 Å². The van der Waals surface area contributed by atoms with Gasteiger partial charge in [-0.2, -0.15) is 0 Å². The Hall–Kier alpha value is -0.683. The minimum absolute atomic E-state index is 0.319. The Kier molecular flexibility index (Phi) is 15.5. The van der Waals surface area contributed by atoms with Crippen LogP contribution in [-0.4, -0.2) is 25.2 Å². The number of benzene rings is 1. The van der Waals surface area contributed by atoms with Crippen molar-refractivity contribution in [1.29, 1.82) is 0 Å². The van der Waals surface area contributed by atoms with Crippen molar-refractivity contribution < 1.29 is 14.3 Å². The van der Waals surface area contributed by atoms with Crippen LogP contribution in [0.2, 0.25) is 6.04 Å². The lowest BCUT2D eigenvalue weighted by Gasteiger charge is -2.28. The lowest BCUT2D eigenvalue weighted by atomic mass is 9.80. The number of rotatable bonds is 17. The second-order valence-corrected chi connectivity index (χ2v) is 19.2. The number of carbonyl (C=O) groups excluding carboxylic acids is 1. The van der Waals surface area contributed by atoms with Crippen LogP contribution in [0.5, 0.6) is 5.75 Å². The number of ether oxygens (including phenoxy) is 2. The van der Waals surface area contributed by atoms with Crippen molar-refractivity contribution in [2.45, 2.75) is 96.4 Å². The summed E-state index contributed by atoms with van der Waals surface area (Å²) in [5.74, 6) is 2.18. The minimum atomic E-state index is -2.50. The van der Waals surface area contributed by atoms with E-state index in [1.165, 1.54) is 63.9 Å². The summed E-state index contributed by atoms with van der Waals surface area (Å²) in [7, 11) is 0. The highest BCUT2D eigenvalue weighted by Crippen LogP contribution is 2.32. The first-order valence-corrected chi connectivity index (χ1v) is 18.7. The average molecular weight is 562 g/mol. The first-order chi connectivity index (χ1) is 16.9. The van der Waals surface area contributed by atoms with Crippen LogP contribution in [0.3, 0.4) is 0 Å². The Morgan fingerprint density at radius 3 is 2.26 bits per heavy atom.